The number of hydrogen-bond donors (Lipinski definition) is 1. The van der Waals surface area contributed by atoms with Gasteiger partial charge in [0, 0.05) is 29.8 Å². The Morgan fingerprint density at radius 1 is 1.00 bits per heavy atom. The maximum absolute atomic E-state index is 13.3. The maximum atomic E-state index is 13.3. The van der Waals surface area contributed by atoms with Crippen molar-refractivity contribution in [2.75, 3.05) is 13.1 Å². The molecule has 1 heterocycles. The van der Waals surface area contributed by atoms with Crippen LogP contribution in [0.5, 0.6) is 0 Å². The average Bonchev–Trinajstić information content (AvgIpc) is 2.96. The number of halogens is 3. The van der Waals surface area contributed by atoms with Gasteiger partial charge in [-0.05, 0) is 53.3 Å². The number of nitrogens with one attached hydrogen (secondary N) is 1. The van der Waals surface area contributed by atoms with Crippen molar-refractivity contribution < 1.29 is 27.5 Å². The van der Waals surface area contributed by atoms with Crippen LogP contribution in [0.4, 0.5) is 18.0 Å². The van der Waals surface area contributed by atoms with Gasteiger partial charge in [0.05, 0.1) is 5.56 Å². The Morgan fingerprint density at radius 2 is 1.70 bits per heavy atom. The second-order valence-corrected chi connectivity index (χ2v) is 10.4. The average molecular weight is 547 g/mol. The minimum absolute atomic E-state index is 0.108. The number of alkyl halides is 3. The van der Waals surface area contributed by atoms with Crippen molar-refractivity contribution in [2.45, 2.75) is 26.1 Å². The number of piperidine rings is 1. The number of fused-ring (bicyclic) bond motifs is 1. The minimum atomic E-state index is -4.43. The van der Waals surface area contributed by atoms with Gasteiger partial charge in [0.2, 0.25) is 0 Å². The van der Waals surface area contributed by atoms with Crippen molar-refractivity contribution in [3.05, 3.63) is 119 Å². The molecule has 5 nitrogen and oxygen atoms in total. The molecule has 1 saturated heterocycles. The van der Waals surface area contributed by atoms with Crippen molar-refractivity contribution in [3.63, 3.8) is 0 Å². The van der Waals surface area contributed by atoms with Crippen LogP contribution in [0.3, 0.4) is 0 Å². The molecule has 1 aliphatic heterocycles. The quantitative estimate of drug-likeness (QED) is 0.368. The maximum Gasteiger partial charge on any atom is 0.416 e. The number of carbonyl (C=O) groups is 2. The van der Waals surface area contributed by atoms with Gasteiger partial charge in [-0.15, -0.1) is 0 Å². The molecule has 0 bridgehead atoms. The van der Waals surface area contributed by atoms with Crippen LogP contribution in [-0.4, -0.2) is 30.0 Å². The van der Waals surface area contributed by atoms with E-state index in [4.69, 9.17) is 4.74 Å². The molecule has 8 heteroatoms. The summed E-state index contributed by atoms with van der Waals surface area (Å²) in [6, 6.07) is 21.1. The number of amides is 2. The zero-order valence-electron chi connectivity index (χ0n) is 21.9. The van der Waals surface area contributed by atoms with Crippen molar-refractivity contribution in [1.82, 2.24) is 10.2 Å². The van der Waals surface area contributed by atoms with E-state index >= 15 is 0 Å². The van der Waals surface area contributed by atoms with E-state index in [-0.39, 0.29) is 29.9 Å². The van der Waals surface area contributed by atoms with Crippen molar-refractivity contribution >= 4 is 12.0 Å². The van der Waals surface area contributed by atoms with Crippen LogP contribution < -0.4 is 5.32 Å². The summed E-state index contributed by atoms with van der Waals surface area (Å²) in [5.41, 5.74) is 1.95. The van der Waals surface area contributed by atoms with E-state index in [2.05, 4.69) is 12.2 Å². The molecule has 0 spiro atoms. The number of carbonyl (C=O) groups excluding carboxylic acids is 2. The molecule has 2 atom stereocenters. The Balaban J connectivity index is 1.24. The van der Waals surface area contributed by atoms with Crippen molar-refractivity contribution in [1.29, 1.82) is 0 Å². The molecule has 1 aliphatic carbocycles. The summed E-state index contributed by atoms with van der Waals surface area (Å²) in [4.78, 5) is 27.7. The van der Waals surface area contributed by atoms with E-state index in [9.17, 15) is 22.8 Å². The summed E-state index contributed by atoms with van der Waals surface area (Å²) < 4.78 is 44.5. The smallest absolute Gasteiger partial charge is 0.416 e. The number of likely N-dealkylation sites (tertiary alicyclic amines) is 1. The lowest BCUT2D eigenvalue weighted by Crippen LogP contribution is -2.49. The molecule has 40 heavy (non-hydrogen) atoms. The summed E-state index contributed by atoms with van der Waals surface area (Å²) in [6.07, 6.45) is 1.82. The van der Waals surface area contributed by atoms with Gasteiger partial charge in [0.15, 0.2) is 0 Å². The molecule has 1 N–H and O–H groups in total. The fourth-order valence-corrected chi connectivity index (χ4v) is 5.25. The zero-order chi connectivity index (χ0) is 28.3. The molecule has 206 valence electrons. The Bertz CT molecular complexity index is 1450. The van der Waals surface area contributed by atoms with Gasteiger partial charge in [0.25, 0.3) is 5.91 Å². The standard InChI is InChI=1S/C32H29F3N2O3/c1-31-17-15-26(19-25(31)16-18-37(21-31)30(39)40-20-22-7-3-2-4-8-22)36-29(38)28-10-6-5-9-27(28)23-11-13-24(14-12-23)32(33,34)35/h2-15,17,19,25H,16,18,20-21H2,1H3,(H,36,38). The first-order chi connectivity index (χ1) is 19.1. The summed E-state index contributed by atoms with van der Waals surface area (Å²) in [7, 11) is 0. The molecule has 2 aliphatic rings. The lowest BCUT2D eigenvalue weighted by atomic mass is 9.70. The van der Waals surface area contributed by atoms with Gasteiger partial charge in [-0.2, -0.15) is 13.2 Å². The first-order valence-corrected chi connectivity index (χ1v) is 13.1. The molecule has 3 aromatic rings. The van der Waals surface area contributed by atoms with E-state index in [0.717, 1.165) is 17.7 Å². The van der Waals surface area contributed by atoms with Gasteiger partial charge in [-0.3, -0.25) is 4.79 Å². The number of nitrogens with zero attached hydrogens (tertiary/aromatic N) is 1. The number of hydrogen-bond acceptors (Lipinski definition) is 3. The largest absolute Gasteiger partial charge is 0.445 e. The monoisotopic (exact) mass is 546 g/mol. The molecule has 2 amide bonds. The Kier molecular flexibility index (Phi) is 7.52. The van der Waals surface area contributed by atoms with Crippen LogP contribution in [0.25, 0.3) is 11.1 Å². The van der Waals surface area contributed by atoms with Gasteiger partial charge in [-0.1, -0.05) is 79.7 Å². The first kappa shape index (κ1) is 27.2. The third-order valence-electron chi connectivity index (χ3n) is 7.53. The fourth-order valence-electron chi connectivity index (χ4n) is 5.25. The van der Waals surface area contributed by atoms with Crippen molar-refractivity contribution in [3.8, 4) is 11.1 Å². The van der Waals surface area contributed by atoms with E-state index in [1.54, 1.807) is 29.2 Å². The first-order valence-electron chi connectivity index (χ1n) is 13.1. The normalized spacial score (nSPS) is 20.4. The predicted molar refractivity (Wildman–Crippen MR) is 146 cm³/mol. The third kappa shape index (κ3) is 5.96. The Labute approximate surface area is 231 Å². The predicted octanol–water partition coefficient (Wildman–Crippen LogP) is 7.22. The SMILES string of the molecule is CC12C=CC(NC(=O)c3ccccc3-c3ccc(C(F)(F)F)cc3)=CC1CCN(C(=O)OCc1ccccc1)C2. The molecule has 0 saturated carbocycles. The molecular formula is C32H29F3N2O3. The lowest BCUT2D eigenvalue weighted by molar-refractivity contribution is -0.137. The molecule has 0 radical (unpaired) electrons. The summed E-state index contributed by atoms with van der Waals surface area (Å²) >= 11 is 0. The van der Waals surface area contributed by atoms with E-state index in [0.29, 0.717) is 41.9 Å². The number of allylic oxidation sites excluding steroid dienone is 2. The number of ether oxygens (including phenoxy) is 1. The Hall–Kier alpha value is -4.33. The summed E-state index contributed by atoms with van der Waals surface area (Å²) in [5.74, 6) is -0.243. The minimum Gasteiger partial charge on any atom is -0.445 e. The van der Waals surface area contributed by atoms with Crippen LogP contribution in [-0.2, 0) is 17.5 Å². The van der Waals surface area contributed by atoms with Crippen LogP contribution in [0.2, 0.25) is 0 Å². The van der Waals surface area contributed by atoms with E-state index in [1.165, 1.54) is 12.1 Å². The number of rotatable bonds is 5. The van der Waals surface area contributed by atoms with Crippen LogP contribution in [0.1, 0.15) is 34.8 Å². The highest BCUT2D eigenvalue weighted by molar-refractivity contribution is 6.01. The van der Waals surface area contributed by atoms with E-state index < -0.39 is 11.7 Å². The van der Waals surface area contributed by atoms with Gasteiger partial charge < -0.3 is 15.0 Å². The second-order valence-electron chi connectivity index (χ2n) is 10.4. The van der Waals surface area contributed by atoms with E-state index in [1.807, 2.05) is 48.6 Å². The molecular weight excluding hydrogens is 517 g/mol. The summed E-state index contributed by atoms with van der Waals surface area (Å²) in [5, 5.41) is 2.95. The molecule has 2 unspecified atom stereocenters. The van der Waals surface area contributed by atoms with Gasteiger partial charge in [-0.25, -0.2) is 4.79 Å². The van der Waals surface area contributed by atoms with Crippen LogP contribution >= 0.6 is 0 Å². The highest BCUT2D eigenvalue weighted by Crippen LogP contribution is 2.41. The molecule has 1 fully saturated rings. The van der Waals surface area contributed by atoms with Crippen molar-refractivity contribution in [2.24, 2.45) is 11.3 Å². The zero-order valence-corrected chi connectivity index (χ0v) is 21.9. The Morgan fingerprint density at radius 3 is 2.42 bits per heavy atom. The fraction of sp³-hybridized carbons (Fsp3) is 0.250. The number of benzene rings is 3. The summed E-state index contributed by atoms with van der Waals surface area (Å²) in [6.45, 7) is 3.34. The third-order valence-corrected chi connectivity index (χ3v) is 7.53. The second kappa shape index (κ2) is 11.0. The molecule has 0 aromatic heterocycles. The van der Waals surface area contributed by atoms with Gasteiger partial charge >= 0.3 is 12.3 Å². The lowest BCUT2D eigenvalue weighted by Gasteiger charge is -2.44. The van der Waals surface area contributed by atoms with Crippen LogP contribution in [0.15, 0.2) is 103 Å². The highest BCUT2D eigenvalue weighted by Gasteiger charge is 2.40. The van der Waals surface area contributed by atoms with Gasteiger partial charge in [0.1, 0.15) is 6.61 Å². The highest BCUT2D eigenvalue weighted by atomic mass is 19.4. The topological polar surface area (TPSA) is 58.6 Å². The molecule has 5 rings (SSSR count). The molecule has 3 aromatic carbocycles. The van der Waals surface area contributed by atoms with Crippen LogP contribution in [0, 0.1) is 11.3 Å².